The number of sulfonamides is 1. The van der Waals surface area contributed by atoms with Crippen molar-refractivity contribution >= 4 is 10.0 Å². The number of rotatable bonds is 3. The van der Waals surface area contributed by atoms with E-state index in [1.807, 2.05) is 13.8 Å². The van der Waals surface area contributed by atoms with Crippen molar-refractivity contribution in [1.82, 2.24) is 19.4 Å². The lowest BCUT2D eigenvalue weighted by molar-refractivity contribution is 0.281. The fourth-order valence-corrected chi connectivity index (χ4v) is 3.87. The average molecular weight is 258 g/mol. The normalized spacial score (nSPS) is 22.8. The van der Waals surface area contributed by atoms with Crippen LogP contribution in [-0.4, -0.2) is 48.2 Å². The Morgan fingerprint density at radius 3 is 3.00 bits per heavy atom. The Bertz CT molecular complexity index is 482. The molecule has 0 aromatic carbocycles. The molecule has 6 nitrogen and oxygen atoms in total. The minimum atomic E-state index is -3.42. The molecule has 7 heteroatoms. The topological polar surface area (TPSA) is 67.2 Å². The Morgan fingerprint density at radius 1 is 1.59 bits per heavy atom. The van der Waals surface area contributed by atoms with Crippen LogP contribution in [0.25, 0.3) is 0 Å². The molecule has 0 saturated carbocycles. The summed E-state index contributed by atoms with van der Waals surface area (Å²) in [4.78, 5) is 0. The quantitative estimate of drug-likeness (QED) is 0.821. The third kappa shape index (κ3) is 2.22. The van der Waals surface area contributed by atoms with E-state index in [0.717, 1.165) is 0 Å². The number of hydrogen-bond donors (Lipinski definition) is 1. The van der Waals surface area contributed by atoms with Crippen LogP contribution in [0.3, 0.4) is 0 Å². The third-order valence-corrected chi connectivity index (χ3v) is 5.03. The van der Waals surface area contributed by atoms with Crippen molar-refractivity contribution in [3.8, 4) is 0 Å². The van der Waals surface area contributed by atoms with Gasteiger partial charge in [0, 0.05) is 32.2 Å². The van der Waals surface area contributed by atoms with Gasteiger partial charge >= 0.3 is 0 Å². The highest BCUT2D eigenvalue weighted by Crippen LogP contribution is 2.18. The lowest BCUT2D eigenvalue weighted by Gasteiger charge is -2.32. The molecule has 1 atom stereocenters. The molecule has 1 aromatic rings. The number of piperazine rings is 1. The van der Waals surface area contributed by atoms with E-state index in [2.05, 4.69) is 10.4 Å². The van der Waals surface area contributed by atoms with Gasteiger partial charge in [-0.05, 0) is 19.9 Å². The van der Waals surface area contributed by atoms with Crippen LogP contribution in [0.4, 0.5) is 0 Å². The SMILES string of the molecule is CCn1nccc1S(=O)(=O)N1CCNCC1C. The van der Waals surface area contributed by atoms with E-state index < -0.39 is 10.0 Å². The lowest BCUT2D eigenvalue weighted by atomic mass is 10.3. The van der Waals surface area contributed by atoms with E-state index in [1.165, 1.54) is 10.9 Å². The first-order chi connectivity index (χ1) is 8.07. The summed E-state index contributed by atoms with van der Waals surface area (Å²) in [6.07, 6.45) is 1.53. The molecule has 96 valence electrons. The average Bonchev–Trinajstić information content (AvgIpc) is 2.78. The van der Waals surface area contributed by atoms with Gasteiger partial charge in [-0.25, -0.2) is 8.42 Å². The van der Waals surface area contributed by atoms with Crippen LogP contribution < -0.4 is 5.32 Å². The van der Waals surface area contributed by atoms with Crippen molar-refractivity contribution in [1.29, 1.82) is 0 Å². The van der Waals surface area contributed by atoms with Crippen molar-refractivity contribution in [2.45, 2.75) is 31.5 Å². The first kappa shape index (κ1) is 12.5. The maximum Gasteiger partial charge on any atom is 0.260 e. The number of nitrogens with one attached hydrogen (secondary N) is 1. The van der Waals surface area contributed by atoms with E-state index >= 15 is 0 Å². The van der Waals surface area contributed by atoms with Gasteiger partial charge in [0.15, 0.2) is 5.03 Å². The van der Waals surface area contributed by atoms with Crippen molar-refractivity contribution < 1.29 is 8.42 Å². The molecule has 0 radical (unpaired) electrons. The van der Waals surface area contributed by atoms with Gasteiger partial charge in [0.25, 0.3) is 10.0 Å². The highest BCUT2D eigenvalue weighted by atomic mass is 32.2. The van der Waals surface area contributed by atoms with Crippen LogP contribution in [-0.2, 0) is 16.6 Å². The van der Waals surface area contributed by atoms with Crippen LogP contribution in [0, 0.1) is 0 Å². The predicted molar refractivity (Wildman–Crippen MR) is 64.1 cm³/mol. The lowest BCUT2D eigenvalue weighted by Crippen LogP contribution is -2.52. The minimum Gasteiger partial charge on any atom is -0.314 e. The van der Waals surface area contributed by atoms with Crippen molar-refractivity contribution in [3.05, 3.63) is 12.3 Å². The second-order valence-electron chi connectivity index (χ2n) is 4.15. The maximum atomic E-state index is 12.5. The largest absolute Gasteiger partial charge is 0.314 e. The minimum absolute atomic E-state index is 0.0195. The van der Waals surface area contributed by atoms with Gasteiger partial charge in [0.05, 0.1) is 6.20 Å². The zero-order valence-corrected chi connectivity index (χ0v) is 10.9. The van der Waals surface area contributed by atoms with Crippen molar-refractivity contribution in [2.24, 2.45) is 0 Å². The standard InChI is InChI=1S/C10H18N4O2S/c1-3-13-10(4-5-12-13)17(15,16)14-7-6-11-8-9(14)2/h4-5,9,11H,3,6-8H2,1-2H3. The summed E-state index contributed by atoms with van der Waals surface area (Å²) < 4.78 is 28.0. The van der Waals surface area contributed by atoms with Crippen molar-refractivity contribution in [3.63, 3.8) is 0 Å². The van der Waals surface area contributed by atoms with Crippen LogP contribution in [0.2, 0.25) is 0 Å². The zero-order chi connectivity index (χ0) is 12.5. The first-order valence-corrected chi connectivity index (χ1v) is 7.25. The van der Waals surface area contributed by atoms with E-state index in [0.29, 0.717) is 26.2 Å². The summed E-state index contributed by atoms with van der Waals surface area (Å²) in [6.45, 7) is 6.26. The summed E-state index contributed by atoms with van der Waals surface area (Å²) in [5, 5.41) is 7.48. The second-order valence-corrected chi connectivity index (χ2v) is 5.99. The maximum absolute atomic E-state index is 12.5. The summed E-state index contributed by atoms with van der Waals surface area (Å²) in [6, 6.07) is 1.54. The fourth-order valence-electron chi connectivity index (χ4n) is 2.08. The van der Waals surface area contributed by atoms with E-state index in [1.54, 1.807) is 10.4 Å². The molecule has 0 bridgehead atoms. The Hall–Kier alpha value is -0.920. The predicted octanol–water partition coefficient (Wildman–Crippen LogP) is -0.115. The fraction of sp³-hybridized carbons (Fsp3) is 0.700. The summed E-state index contributed by atoms with van der Waals surface area (Å²) in [7, 11) is -3.42. The zero-order valence-electron chi connectivity index (χ0n) is 10.1. The Balaban J connectivity index is 2.35. The molecule has 2 heterocycles. The van der Waals surface area contributed by atoms with Gasteiger partial charge in [0.2, 0.25) is 0 Å². The third-order valence-electron chi connectivity index (χ3n) is 2.99. The molecule has 1 aliphatic heterocycles. The molecule has 17 heavy (non-hydrogen) atoms. The molecule has 2 rings (SSSR count). The van der Waals surface area contributed by atoms with Crippen LogP contribution in [0.5, 0.6) is 0 Å². The smallest absolute Gasteiger partial charge is 0.260 e. The van der Waals surface area contributed by atoms with Gasteiger partial charge in [0.1, 0.15) is 0 Å². The molecule has 1 fully saturated rings. The Kier molecular flexibility index (Phi) is 3.50. The van der Waals surface area contributed by atoms with Gasteiger partial charge < -0.3 is 5.32 Å². The Labute approximate surface area is 102 Å². The van der Waals surface area contributed by atoms with Crippen molar-refractivity contribution in [2.75, 3.05) is 19.6 Å². The summed E-state index contributed by atoms with van der Waals surface area (Å²) in [5.74, 6) is 0. The van der Waals surface area contributed by atoms with Crippen LogP contribution >= 0.6 is 0 Å². The monoisotopic (exact) mass is 258 g/mol. The molecule has 0 aliphatic carbocycles. The number of hydrogen-bond acceptors (Lipinski definition) is 4. The number of nitrogens with zero attached hydrogens (tertiary/aromatic N) is 3. The summed E-state index contributed by atoms with van der Waals surface area (Å²) in [5.41, 5.74) is 0. The molecular weight excluding hydrogens is 240 g/mol. The van der Waals surface area contributed by atoms with E-state index in [4.69, 9.17) is 0 Å². The van der Waals surface area contributed by atoms with Crippen LogP contribution in [0.15, 0.2) is 17.3 Å². The molecule has 1 aromatic heterocycles. The van der Waals surface area contributed by atoms with E-state index in [9.17, 15) is 8.42 Å². The molecule has 0 spiro atoms. The molecule has 1 N–H and O–H groups in total. The Morgan fingerprint density at radius 2 is 2.35 bits per heavy atom. The molecular formula is C10H18N4O2S. The van der Waals surface area contributed by atoms with Crippen LogP contribution in [0.1, 0.15) is 13.8 Å². The number of aromatic nitrogens is 2. The molecule has 1 unspecified atom stereocenters. The van der Waals surface area contributed by atoms with Gasteiger partial charge in [-0.2, -0.15) is 9.40 Å². The van der Waals surface area contributed by atoms with Gasteiger partial charge in [-0.15, -0.1) is 0 Å². The number of aryl methyl sites for hydroxylation is 1. The van der Waals surface area contributed by atoms with Gasteiger partial charge in [-0.3, -0.25) is 4.68 Å². The van der Waals surface area contributed by atoms with E-state index in [-0.39, 0.29) is 11.1 Å². The highest BCUT2D eigenvalue weighted by Gasteiger charge is 2.32. The molecule has 0 amide bonds. The molecule has 1 aliphatic rings. The van der Waals surface area contributed by atoms with Gasteiger partial charge in [-0.1, -0.05) is 0 Å². The molecule has 1 saturated heterocycles. The highest BCUT2D eigenvalue weighted by molar-refractivity contribution is 7.89. The summed E-state index contributed by atoms with van der Waals surface area (Å²) >= 11 is 0. The first-order valence-electron chi connectivity index (χ1n) is 5.81. The second kappa shape index (κ2) is 4.75.